The van der Waals surface area contributed by atoms with Crippen molar-refractivity contribution in [3.63, 3.8) is 0 Å². The molecule has 23 heavy (non-hydrogen) atoms. The number of rotatable bonds is 4. The molecule has 1 amide bonds. The number of aryl methyl sites for hydroxylation is 2. The monoisotopic (exact) mass is 315 g/mol. The Bertz CT molecular complexity index is 711. The number of aromatic nitrogens is 4. The molecule has 7 heteroatoms. The van der Waals surface area contributed by atoms with Gasteiger partial charge in [0.05, 0.1) is 23.9 Å². The van der Waals surface area contributed by atoms with Gasteiger partial charge in [0.25, 0.3) is 0 Å². The van der Waals surface area contributed by atoms with Crippen molar-refractivity contribution in [1.82, 2.24) is 25.1 Å². The second kappa shape index (κ2) is 5.47. The molecule has 3 heterocycles. The maximum Gasteiger partial charge on any atom is 0.227 e. The predicted octanol–water partition coefficient (Wildman–Crippen LogP) is 1.78. The van der Waals surface area contributed by atoms with E-state index in [1.807, 2.05) is 23.4 Å². The lowest BCUT2D eigenvalue weighted by atomic mass is 10.1. The van der Waals surface area contributed by atoms with Gasteiger partial charge in [0.2, 0.25) is 5.91 Å². The Labute approximate surface area is 134 Å². The number of nitrogens with zero attached hydrogens (tertiary/aromatic N) is 5. The molecule has 1 saturated heterocycles. The summed E-state index contributed by atoms with van der Waals surface area (Å²) in [5.41, 5.74) is 2.82. The molecule has 0 N–H and O–H groups in total. The smallest absolute Gasteiger partial charge is 0.227 e. The van der Waals surface area contributed by atoms with Crippen LogP contribution in [-0.4, -0.2) is 44.0 Å². The third kappa shape index (κ3) is 2.75. The summed E-state index contributed by atoms with van der Waals surface area (Å²) in [7, 11) is 0. The molecule has 2 fully saturated rings. The highest BCUT2D eigenvalue weighted by Gasteiger charge is 2.31. The van der Waals surface area contributed by atoms with Crippen molar-refractivity contribution in [3.05, 3.63) is 28.9 Å². The van der Waals surface area contributed by atoms with E-state index < -0.39 is 0 Å². The predicted molar refractivity (Wildman–Crippen MR) is 81.9 cm³/mol. The van der Waals surface area contributed by atoms with Gasteiger partial charge in [-0.15, -0.1) is 5.10 Å². The lowest BCUT2D eigenvalue weighted by Gasteiger charge is -2.16. The lowest BCUT2D eigenvalue weighted by molar-refractivity contribution is -0.129. The third-order valence-corrected chi connectivity index (χ3v) is 4.92. The fourth-order valence-corrected chi connectivity index (χ4v) is 3.24. The molecule has 0 radical (unpaired) electrons. The van der Waals surface area contributed by atoms with Gasteiger partial charge in [-0.2, -0.15) is 0 Å². The Kier molecular flexibility index (Phi) is 3.43. The van der Waals surface area contributed by atoms with E-state index in [1.54, 1.807) is 0 Å². The molecule has 1 atom stereocenters. The van der Waals surface area contributed by atoms with Crippen LogP contribution >= 0.6 is 0 Å². The maximum absolute atomic E-state index is 12.5. The Morgan fingerprint density at radius 3 is 2.87 bits per heavy atom. The molecular weight excluding hydrogens is 294 g/mol. The zero-order chi connectivity index (χ0) is 16.0. The van der Waals surface area contributed by atoms with Gasteiger partial charge in [-0.25, -0.2) is 4.68 Å². The van der Waals surface area contributed by atoms with Gasteiger partial charge in [-0.3, -0.25) is 4.79 Å². The van der Waals surface area contributed by atoms with E-state index in [0.717, 1.165) is 35.7 Å². The highest BCUT2D eigenvalue weighted by atomic mass is 16.5. The van der Waals surface area contributed by atoms with Crippen LogP contribution in [0.5, 0.6) is 0 Å². The highest BCUT2D eigenvalue weighted by molar-refractivity contribution is 5.79. The van der Waals surface area contributed by atoms with Crippen molar-refractivity contribution < 1.29 is 9.32 Å². The molecule has 1 unspecified atom stereocenters. The molecule has 2 aromatic heterocycles. The fraction of sp³-hybridized carbons (Fsp3) is 0.625. The fourth-order valence-electron chi connectivity index (χ4n) is 3.24. The largest absolute Gasteiger partial charge is 0.361 e. The van der Waals surface area contributed by atoms with Crippen LogP contribution < -0.4 is 0 Å². The van der Waals surface area contributed by atoms with Gasteiger partial charge < -0.3 is 9.42 Å². The average molecular weight is 315 g/mol. The first-order valence-electron chi connectivity index (χ1n) is 8.23. The molecule has 1 saturated carbocycles. The molecule has 4 rings (SSSR count). The number of hydrogen-bond donors (Lipinski definition) is 0. The lowest BCUT2D eigenvalue weighted by Crippen LogP contribution is -2.30. The summed E-state index contributed by atoms with van der Waals surface area (Å²) in [6.07, 6.45) is 5.81. The van der Waals surface area contributed by atoms with Gasteiger partial charge in [0.1, 0.15) is 5.76 Å². The first-order valence-corrected chi connectivity index (χ1v) is 8.23. The average Bonchev–Trinajstić information content (AvgIpc) is 2.97. The van der Waals surface area contributed by atoms with Crippen LogP contribution in [0.4, 0.5) is 0 Å². The Morgan fingerprint density at radius 2 is 2.17 bits per heavy atom. The quantitative estimate of drug-likeness (QED) is 0.859. The van der Waals surface area contributed by atoms with Crippen molar-refractivity contribution in [2.75, 3.05) is 13.1 Å². The molecule has 2 aliphatic rings. The summed E-state index contributed by atoms with van der Waals surface area (Å²) >= 11 is 0. The van der Waals surface area contributed by atoms with Crippen LogP contribution in [0.15, 0.2) is 10.7 Å². The molecule has 1 aliphatic heterocycles. The third-order valence-electron chi connectivity index (χ3n) is 4.92. The van der Waals surface area contributed by atoms with E-state index in [4.69, 9.17) is 4.52 Å². The minimum Gasteiger partial charge on any atom is -0.361 e. The van der Waals surface area contributed by atoms with E-state index in [0.29, 0.717) is 18.9 Å². The normalized spacial score (nSPS) is 21.1. The Balaban J connectivity index is 1.40. The summed E-state index contributed by atoms with van der Waals surface area (Å²) in [6, 6.07) is 0.239. The van der Waals surface area contributed by atoms with Gasteiger partial charge >= 0.3 is 0 Å². The second-order valence-corrected chi connectivity index (χ2v) is 6.66. The van der Waals surface area contributed by atoms with E-state index in [1.165, 1.54) is 12.8 Å². The van der Waals surface area contributed by atoms with Crippen LogP contribution in [0.1, 0.15) is 53.9 Å². The highest BCUT2D eigenvalue weighted by Crippen LogP contribution is 2.39. The zero-order valence-electron chi connectivity index (χ0n) is 13.5. The van der Waals surface area contributed by atoms with Crippen molar-refractivity contribution in [2.24, 2.45) is 0 Å². The van der Waals surface area contributed by atoms with E-state index in [2.05, 4.69) is 21.7 Å². The molecule has 0 bridgehead atoms. The van der Waals surface area contributed by atoms with E-state index >= 15 is 0 Å². The number of carbonyl (C=O) groups excluding carboxylic acids is 1. The maximum atomic E-state index is 12.5. The second-order valence-electron chi connectivity index (χ2n) is 6.66. The molecule has 1 aliphatic carbocycles. The topological polar surface area (TPSA) is 77.0 Å². The summed E-state index contributed by atoms with van der Waals surface area (Å²) in [5.74, 6) is 1.48. The summed E-state index contributed by atoms with van der Waals surface area (Å²) in [5, 5.41) is 12.4. The van der Waals surface area contributed by atoms with E-state index in [9.17, 15) is 4.79 Å². The van der Waals surface area contributed by atoms with Crippen LogP contribution in [0.25, 0.3) is 0 Å². The number of amides is 1. The van der Waals surface area contributed by atoms with Crippen molar-refractivity contribution in [3.8, 4) is 0 Å². The van der Waals surface area contributed by atoms with Crippen LogP contribution in [0, 0.1) is 13.8 Å². The Hall–Kier alpha value is -2.18. The van der Waals surface area contributed by atoms with Gasteiger partial charge in [0.15, 0.2) is 0 Å². The molecule has 7 nitrogen and oxygen atoms in total. The van der Waals surface area contributed by atoms with Gasteiger partial charge in [-0.1, -0.05) is 10.4 Å². The molecular formula is C16H21N5O2. The van der Waals surface area contributed by atoms with Crippen LogP contribution in [-0.2, 0) is 11.2 Å². The van der Waals surface area contributed by atoms with Crippen molar-refractivity contribution >= 4 is 5.91 Å². The standard InChI is InChI=1S/C16H21N5O2/c1-10-14(11(2)23-18-10)7-16(22)20-6-5-13(8-20)21-9-15(17-19-21)12-3-4-12/h9,12-13H,3-8H2,1-2H3. The zero-order valence-corrected chi connectivity index (χ0v) is 13.5. The minimum atomic E-state index is 0.129. The molecule has 2 aromatic rings. The molecule has 0 aromatic carbocycles. The van der Waals surface area contributed by atoms with Gasteiger partial charge in [0, 0.05) is 30.8 Å². The first-order chi connectivity index (χ1) is 11.1. The Morgan fingerprint density at radius 1 is 1.35 bits per heavy atom. The summed E-state index contributed by atoms with van der Waals surface area (Å²) in [6.45, 7) is 5.20. The van der Waals surface area contributed by atoms with Crippen LogP contribution in [0.3, 0.4) is 0 Å². The summed E-state index contributed by atoms with van der Waals surface area (Å²) < 4.78 is 7.08. The van der Waals surface area contributed by atoms with Gasteiger partial charge in [-0.05, 0) is 33.1 Å². The minimum absolute atomic E-state index is 0.129. The number of carbonyl (C=O) groups is 1. The number of hydrogen-bond acceptors (Lipinski definition) is 5. The van der Waals surface area contributed by atoms with Crippen molar-refractivity contribution in [2.45, 2.75) is 51.5 Å². The SMILES string of the molecule is Cc1noc(C)c1CC(=O)N1CCC(n2cc(C3CC3)nn2)C1. The molecule has 0 spiro atoms. The van der Waals surface area contributed by atoms with Crippen molar-refractivity contribution in [1.29, 1.82) is 0 Å². The molecule has 122 valence electrons. The summed E-state index contributed by atoms with van der Waals surface area (Å²) in [4.78, 5) is 14.4. The van der Waals surface area contributed by atoms with Crippen LogP contribution in [0.2, 0.25) is 0 Å². The van der Waals surface area contributed by atoms with E-state index in [-0.39, 0.29) is 11.9 Å². The first kappa shape index (κ1) is 14.4. The number of likely N-dealkylation sites (tertiary alicyclic amines) is 1.